The molecule has 0 spiro atoms. The quantitative estimate of drug-likeness (QED) is 0.833. The molecule has 0 aromatic heterocycles. The lowest BCUT2D eigenvalue weighted by molar-refractivity contribution is 0.0537. The minimum Gasteiger partial charge on any atom is -0.336 e. The van der Waals surface area contributed by atoms with Crippen molar-refractivity contribution in [2.45, 2.75) is 19.4 Å². The van der Waals surface area contributed by atoms with Crippen LogP contribution in [0.25, 0.3) is 0 Å². The van der Waals surface area contributed by atoms with Gasteiger partial charge in [0.25, 0.3) is 5.91 Å². The van der Waals surface area contributed by atoms with Crippen molar-refractivity contribution in [1.29, 1.82) is 0 Å². The van der Waals surface area contributed by atoms with Crippen LogP contribution in [0.15, 0.2) is 22.7 Å². The van der Waals surface area contributed by atoms with E-state index in [-0.39, 0.29) is 11.5 Å². The van der Waals surface area contributed by atoms with Gasteiger partial charge in [0, 0.05) is 30.1 Å². The van der Waals surface area contributed by atoms with Crippen molar-refractivity contribution in [3.05, 3.63) is 34.1 Å². The number of benzene rings is 1. The van der Waals surface area contributed by atoms with Crippen LogP contribution in [-0.2, 0) is 0 Å². The van der Waals surface area contributed by atoms with Crippen molar-refractivity contribution in [2.75, 3.05) is 26.7 Å². The average molecular weight is 329 g/mol. The van der Waals surface area contributed by atoms with E-state index >= 15 is 0 Å². The Hall–Kier alpha value is -0.940. The number of hydrogen-bond donors (Lipinski definition) is 0. The number of amides is 1. The third kappa shape index (κ3) is 3.15. The van der Waals surface area contributed by atoms with Gasteiger partial charge in [-0.05, 0) is 31.7 Å². The van der Waals surface area contributed by atoms with Gasteiger partial charge in [-0.15, -0.1) is 0 Å². The molecule has 0 N–H and O–H groups in total. The summed E-state index contributed by atoms with van der Waals surface area (Å²) in [6.07, 6.45) is 0.989. The van der Waals surface area contributed by atoms with E-state index in [9.17, 15) is 9.18 Å². The Kier molecular flexibility index (Phi) is 4.58. The van der Waals surface area contributed by atoms with E-state index in [1.807, 2.05) is 0 Å². The minimum absolute atomic E-state index is 0.155. The van der Waals surface area contributed by atoms with Crippen molar-refractivity contribution in [3.63, 3.8) is 0 Å². The second-order valence-corrected chi connectivity index (χ2v) is 5.83. The molecule has 1 fully saturated rings. The van der Waals surface area contributed by atoms with Gasteiger partial charge in [-0.1, -0.05) is 22.9 Å². The number of rotatable bonds is 2. The first-order chi connectivity index (χ1) is 9.02. The summed E-state index contributed by atoms with van der Waals surface area (Å²) in [6, 6.07) is 4.93. The Morgan fingerprint density at radius 2 is 2.21 bits per heavy atom. The highest BCUT2D eigenvalue weighted by Gasteiger charge is 2.27. The van der Waals surface area contributed by atoms with Gasteiger partial charge in [0.15, 0.2) is 0 Å². The molecular weight excluding hydrogens is 311 g/mol. The zero-order valence-electron chi connectivity index (χ0n) is 11.2. The summed E-state index contributed by atoms with van der Waals surface area (Å²) in [4.78, 5) is 16.4. The molecule has 0 aliphatic carbocycles. The Bertz CT molecular complexity index is 481. The van der Waals surface area contributed by atoms with Gasteiger partial charge in [0.2, 0.25) is 0 Å². The maximum Gasteiger partial charge on any atom is 0.256 e. The first-order valence-corrected chi connectivity index (χ1v) is 7.26. The van der Waals surface area contributed by atoms with Gasteiger partial charge in [0.1, 0.15) is 5.82 Å². The van der Waals surface area contributed by atoms with Gasteiger partial charge in [0.05, 0.1) is 5.56 Å². The first kappa shape index (κ1) is 14.5. The summed E-state index contributed by atoms with van der Waals surface area (Å²) < 4.78 is 14.5. The van der Waals surface area contributed by atoms with Crippen LogP contribution >= 0.6 is 15.9 Å². The number of halogens is 2. The van der Waals surface area contributed by atoms with Crippen molar-refractivity contribution >= 4 is 21.8 Å². The van der Waals surface area contributed by atoms with Crippen LogP contribution in [0.3, 0.4) is 0 Å². The number of likely N-dealkylation sites (N-methyl/N-ethyl adjacent to an activating group) is 1. The molecular formula is C14H18BrFN2O. The topological polar surface area (TPSA) is 23.6 Å². The highest BCUT2D eigenvalue weighted by Crippen LogP contribution is 2.19. The summed E-state index contributed by atoms with van der Waals surface area (Å²) in [5.41, 5.74) is 0.155. The fourth-order valence-corrected chi connectivity index (χ4v) is 2.74. The summed E-state index contributed by atoms with van der Waals surface area (Å²) in [6.45, 7) is 4.26. The third-order valence-corrected chi connectivity index (χ3v) is 4.19. The molecule has 0 saturated carbocycles. The lowest BCUT2D eigenvalue weighted by Crippen LogP contribution is -2.53. The zero-order chi connectivity index (χ0) is 14.0. The van der Waals surface area contributed by atoms with E-state index < -0.39 is 5.82 Å². The summed E-state index contributed by atoms with van der Waals surface area (Å²) in [7, 11) is 2.07. The number of carbonyl (C=O) groups is 1. The first-order valence-electron chi connectivity index (χ1n) is 6.47. The summed E-state index contributed by atoms with van der Waals surface area (Å²) in [5, 5.41) is 0. The van der Waals surface area contributed by atoms with Gasteiger partial charge < -0.3 is 4.90 Å². The average Bonchev–Trinajstić information content (AvgIpc) is 2.38. The Labute approximate surface area is 121 Å². The largest absolute Gasteiger partial charge is 0.336 e. The molecule has 1 aliphatic rings. The van der Waals surface area contributed by atoms with Crippen molar-refractivity contribution in [2.24, 2.45) is 0 Å². The van der Waals surface area contributed by atoms with Crippen molar-refractivity contribution < 1.29 is 9.18 Å². The minimum atomic E-state index is -0.466. The van der Waals surface area contributed by atoms with Crippen LogP contribution < -0.4 is 0 Å². The number of piperazine rings is 1. The fourth-order valence-electron chi connectivity index (χ4n) is 2.40. The SMILES string of the molecule is CCC1CN(C(=O)c2ccc(Br)cc2F)CCN1C. The zero-order valence-corrected chi connectivity index (χ0v) is 12.8. The Balaban J connectivity index is 2.15. The van der Waals surface area contributed by atoms with Crippen LogP contribution in [0.4, 0.5) is 4.39 Å². The van der Waals surface area contributed by atoms with E-state index in [0.29, 0.717) is 23.6 Å². The van der Waals surface area contributed by atoms with E-state index in [2.05, 4.69) is 34.8 Å². The molecule has 1 aromatic rings. The summed E-state index contributed by atoms with van der Waals surface area (Å²) in [5.74, 6) is -0.678. The van der Waals surface area contributed by atoms with Crippen LogP contribution in [0.1, 0.15) is 23.7 Å². The van der Waals surface area contributed by atoms with Gasteiger partial charge in [-0.25, -0.2) is 4.39 Å². The molecule has 0 radical (unpaired) electrons. The van der Waals surface area contributed by atoms with Gasteiger partial charge in [-0.2, -0.15) is 0 Å². The molecule has 1 saturated heterocycles. The van der Waals surface area contributed by atoms with Crippen molar-refractivity contribution in [1.82, 2.24) is 9.80 Å². The fraction of sp³-hybridized carbons (Fsp3) is 0.500. The van der Waals surface area contributed by atoms with E-state index in [4.69, 9.17) is 0 Å². The molecule has 0 bridgehead atoms. The normalized spacial score (nSPS) is 20.6. The molecule has 1 heterocycles. The molecule has 19 heavy (non-hydrogen) atoms. The third-order valence-electron chi connectivity index (χ3n) is 3.70. The molecule has 3 nitrogen and oxygen atoms in total. The molecule has 5 heteroatoms. The molecule has 1 atom stereocenters. The molecule has 1 unspecified atom stereocenters. The van der Waals surface area contributed by atoms with Crippen LogP contribution in [0, 0.1) is 5.82 Å². The lowest BCUT2D eigenvalue weighted by Gasteiger charge is -2.39. The predicted molar refractivity (Wildman–Crippen MR) is 76.7 cm³/mol. The standard InChI is InChI=1S/C14H18BrFN2O/c1-3-11-9-18(7-6-17(11)2)14(19)12-5-4-10(15)8-13(12)16/h4-5,8,11H,3,6-7,9H2,1-2H3. The van der Waals surface area contributed by atoms with Gasteiger partial charge >= 0.3 is 0 Å². The number of nitrogens with zero attached hydrogens (tertiary/aromatic N) is 2. The van der Waals surface area contributed by atoms with E-state index in [0.717, 1.165) is 13.0 Å². The Morgan fingerprint density at radius 3 is 2.84 bits per heavy atom. The predicted octanol–water partition coefficient (Wildman–Crippen LogP) is 2.75. The molecule has 104 valence electrons. The van der Waals surface area contributed by atoms with Crippen LogP contribution in [-0.4, -0.2) is 48.4 Å². The maximum atomic E-state index is 13.8. The van der Waals surface area contributed by atoms with Gasteiger partial charge in [-0.3, -0.25) is 9.69 Å². The second kappa shape index (κ2) is 6.01. The maximum absolute atomic E-state index is 13.8. The van der Waals surface area contributed by atoms with Crippen molar-refractivity contribution in [3.8, 4) is 0 Å². The molecule has 1 aromatic carbocycles. The smallest absolute Gasteiger partial charge is 0.256 e. The lowest BCUT2D eigenvalue weighted by atomic mass is 10.1. The molecule has 2 rings (SSSR count). The molecule has 1 amide bonds. The van der Waals surface area contributed by atoms with Crippen LogP contribution in [0.2, 0.25) is 0 Å². The van der Waals surface area contributed by atoms with E-state index in [1.165, 1.54) is 6.07 Å². The van der Waals surface area contributed by atoms with Crippen LogP contribution in [0.5, 0.6) is 0 Å². The number of hydrogen-bond acceptors (Lipinski definition) is 2. The summed E-state index contributed by atoms with van der Waals surface area (Å²) >= 11 is 3.20. The highest BCUT2D eigenvalue weighted by molar-refractivity contribution is 9.10. The number of carbonyl (C=O) groups excluding carboxylic acids is 1. The van der Waals surface area contributed by atoms with E-state index in [1.54, 1.807) is 17.0 Å². The Morgan fingerprint density at radius 1 is 1.47 bits per heavy atom. The monoisotopic (exact) mass is 328 g/mol. The second-order valence-electron chi connectivity index (χ2n) is 4.92. The molecule has 1 aliphatic heterocycles. The highest BCUT2D eigenvalue weighted by atomic mass is 79.9.